The van der Waals surface area contributed by atoms with Gasteiger partial charge in [0.1, 0.15) is 0 Å². The van der Waals surface area contributed by atoms with Gasteiger partial charge in [0.05, 0.1) is 13.2 Å². The second kappa shape index (κ2) is 16.1. The minimum absolute atomic E-state index is 0. The van der Waals surface area contributed by atoms with Gasteiger partial charge in [0, 0.05) is 57.3 Å². The first-order valence-corrected chi connectivity index (χ1v) is 11.7. The van der Waals surface area contributed by atoms with Gasteiger partial charge in [-0.15, -0.1) is 24.0 Å². The SMILES string of the molecule is CCNC(=NCCCOCC1CCOC1)NC1CCN(C(=O)C(CC)CC)CC1.I. The summed E-state index contributed by atoms with van der Waals surface area (Å²) in [6.45, 7) is 12.8. The predicted octanol–water partition coefficient (Wildman–Crippen LogP) is 3.03. The lowest BCUT2D eigenvalue weighted by Gasteiger charge is -2.34. The molecule has 2 aliphatic rings. The normalized spacial score (nSPS) is 20.3. The Balaban J connectivity index is 0.00000450. The second-order valence-electron chi connectivity index (χ2n) is 8.18. The molecule has 0 aliphatic carbocycles. The fourth-order valence-corrected chi connectivity index (χ4v) is 3.98. The highest BCUT2D eigenvalue weighted by atomic mass is 127. The standard InChI is InChI=1S/C22H42N4O3.HI/c1-4-19(5-2)21(27)26-12-8-20(9-13-26)25-22(23-6-3)24-11-7-14-28-16-18-10-15-29-17-18;/h18-20H,4-17H2,1-3H3,(H2,23,24,25);1H. The molecular weight excluding hydrogens is 495 g/mol. The number of carbonyl (C=O) groups excluding carboxylic acids is 1. The smallest absolute Gasteiger partial charge is 0.225 e. The van der Waals surface area contributed by atoms with Gasteiger partial charge in [-0.1, -0.05) is 13.8 Å². The number of amides is 1. The molecule has 1 unspecified atom stereocenters. The molecule has 1 amide bonds. The van der Waals surface area contributed by atoms with Gasteiger partial charge in [-0.25, -0.2) is 0 Å². The third kappa shape index (κ3) is 9.68. The number of aliphatic imine (C=N–C) groups is 1. The Kier molecular flexibility index (Phi) is 14.7. The van der Waals surface area contributed by atoms with Crippen molar-refractivity contribution in [3.05, 3.63) is 0 Å². The molecule has 2 fully saturated rings. The number of piperidine rings is 1. The third-order valence-electron chi connectivity index (χ3n) is 5.92. The summed E-state index contributed by atoms with van der Waals surface area (Å²) >= 11 is 0. The molecule has 0 radical (unpaired) electrons. The molecule has 0 spiro atoms. The Bertz CT molecular complexity index is 489. The molecule has 0 bridgehead atoms. The highest BCUT2D eigenvalue weighted by Crippen LogP contribution is 2.17. The van der Waals surface area contributed by atoms with Crippen molar-refractivity contribution in [2.75, 3.05) is 52.6 Å². The summed E-state index contributed by atoms with van der Waals surface area (Å²) in [5, 5.41) is 6.89. The van der Waals surface area contributed by atoms with E-state index in [2.05, 4.69) is 31.4 Å². The molecule has 2 heterocycles. The minimum atomic E-state index is 0. The fourth-order valence-electron chi connectivity index (χ4n) is 3.98. The van der Waals surface area contributed by atoms with Crippen molar-refractivity contribution in [1.29, 1.82) is 0 Å². The number of hydrogen-bond acceptors (Lipinski definition) is 4. The van der Waals surface area contributed by atoms with E-state index < -0.39 is 0 Å². The summed E-state index contributed by atoms with van der Waals surface area (Å²) in [5.74, 6) is 1.96. The van der Waals surface area contributed by atoms with Gasteiger partial charge < -0.3 is 25.0 Å². The van der Waals surface area contributed by atoms with Crippen molar-refractivity contribution in [3.63, 3.8) is 0 Å². The maximum Gasteiger partial charge on any atom is 0.225 e. The lowest BCUT2D eigenvalue weighted by molar-refractivity contribution is -0.136. The molecule has 0 aromatic rings. The van der Waals surface area contributed by atoms with Crippen molar-refractivity contribution in [2.24, 2.45) is 16.8 Å². The number of rotatable bonds is 11. The Morgan fingerprint density at radius 1 is 1.20 bits per heavy atom. The van der Waals surface area contributed by atoms with E-state index in [1.165, 1.54) is 0 Å². The van der Waals surface area contributed by atoms with Crippen LogP contribution < -0.4 is 10.6 Å². The minimum Gasteiger partial charge on any atom is -0.381 e. The van der Waals surface area contributed by atoms with Crippen LogP contribution in [0.15, 0.2) is 4.99 Å². The number of likely N-dealkylation sites (tertiary alicyclic amines) is 1. The van der Waals surface area contributed by atoms with Crippen LogP contribution in [0.1, 0.15) is 59.3 Å². The van der Waals surface area contributed by atoms with Crippen molar-refractivity contribution < 1.29 is 14.3 Å². The largest absolute Gasteiger partial charge is 0.381 e. The van der Waals surface area contributed by atoms with E-state index in [0.29, 0.717) is 17.9 Å². The fraction of sp³-hybridized carbons (Fsp3) is 0.909. The van der Waals surface area contributed by atoms with Gasteiger partial charge in [-0.3, -0.25) is 9.79 Å². The lowest BCUT2D eigenvalue weighted by Crippen LogP contribution is -2.50. The van der Waals surface area contributed by atoms with E-state index in [-0.39, 0.29) is 29.9 Å². The van der Waals surface area contributed by atoms with Crippen molar-refractivity contribution >= 4 is 35.8 Å². The molecule has 2 N–H and O–H groups in total. The summed E-state index contributed by atoms with van der Waals surface area (Å²) < 4.78 is 11.1. The van der Waals surface area contributed by atoms with Gasteiger partial charge in [0.15, 0.2) is 5.96 Å². The second-order valence-corrected chi connectivity index (χ2v) is 8.18. The van der Waals surface area contributed by atoms with E-state index in [9.17, 15) is 4.79 Å². The summed E-state index contributed by atoms with van der Waals surface area (Å²) in [4.78, 5) is 19.3. The maximum atomic E-state index is 12.6. The Hall–Kier alpha value is -0.610. The van der Waals surface area contributed by atoms with Crippen molar-refractivity contribution in [3.8, 4) is 0 Å². The van der Waals surface area contributed by atoms with Crippen LogP contribution >= 0.6 is 24.0 Å². The first kappa shape index (κ1) is 27.4. The molecule has 0 saturated carbocycles. The molecule has 30 heavy (non-hydrogen) atoms. The summed E-state index contributed by atoms with van der Waals surface area (Å²) in [6.07, 6.45) is 5.86. The van der Waals surface area contributed by atoms with Gasteiger partial charge >= 0.3 is 0 Å². The van der Waals surface area contributed by atoms with E-state index in [1.807, 2.05) is 4.90 Å². The van der Waals surface area contributed by atoms with E-state index in [4.69, 9.17) is 14.5 Å². The number of halogens is 1. The highest BCUT2D eigenvalue weighted by Gasteiger charge is 2.26. The average molecular weight is 539 g/mol. The average Bonchev–Trinajstić information content (AvgIpc) is 3.25. The number of hydrogen-bond donors (Lipinski definition) is 2. The quantitative estimate of drug-likeness (QED) is 0.183. The third-order valence-corrected chi connectivity index (χ3v) is 5.92. The molecule has 2 aliphatic heterocycles. The van der Waals surface area contributed by atoms with E-state index in [0.717, 1.165) is 97.1 Å². The molecule has 0 aromatic heterocycles. The summed E-state index contributed by atoms with van der Waals surface area (Å²) in [7, 11) is 0. The molecule has 0 aromatic carbocycles. The predicted molar refractivity (Wildman–Crippen MR) is 133 cm³/mol. The van der Waals surface area contributed by atoms with Gasteiger partial charge in [-0.05, 0) is 45.4 Å². The van der Waals surface area contributed by atoms with Crippen LogP contribution in [-0.4, -0.2) is 75.4 Å². The first-order chi connectivity index (χ1) is 14.2. The summed E-state index contributed by atoms with van der Waals surface area (Å²) in [5.41, 5.74) is 0. The Morgan fingerprint density at radius 3 is 2.53 bits per heavy atom. The van der Waals surface area contributed by atoms with Crippen LogP contribution in [0, 0.1) is 11.8 Å². The van der Waals surface area contributed by atoms with Crippen LogP contribution in [0.5, 0.6) is 0 Å². The van der Waals surface area contributed by atoms with Crippen LogP contribution in [-0.2, 0) is 14.3 Å². The molecule has 8 heteroatoms. The number of carbonyl (C=O) groups is 1. The number of nitrogens with one attached hydrogen (secondary N) is 2. The van der Waals surface area contributed by atoms with Gasteiger partial charge in [0.25, 0.3) is 0 Å². The zero-order valence-corrected chi connectivity index (χ0v) is 21.5. The molecule has 2 rings (SSSR count). The van der Waals surface area contributed by atoms with Crippen molar-refractivity contribution in [1.82, 2.24) is 15.5 Å². The van der Waals surface area contributed by atoms with Crippen LogP contribution in [0.4, 0.5) is 0 Å². The Morgan fingerprint density at radius 2 is 1.93 bits per heavy atom. The van der Waals surface area contributed by atoms with Crippen LogP contribution in [0.25, 0.3) is 0 Å². The summed E-state index contributed by atoms with van der Waals surface area (Å²) in [6, 6.07) is 0.372. The molecular formula is C22H43IN4O3. The molecule has 7 nitrogen and oxygen atoms in total. The van der Waals surface area contributed by atoms with E-state index >= 15 is 0 Å². The molecule has 2 saturated heterocycles. The zero-order valence-electron chi connectivity index (χ0n) is 19.2. The Labute approximate surface area is 200 Å². The molecule has 1 atom stereocenters. The zero-order chi connectivity index (χ0) is 20.9. The monoisotopic (exact) mass is 538 g/mol. The highest BCUT2D eigenvalue weighted by molar-refractivity contribution is 14.0. The maximum absolute atomic E-state index is 12.6. The van der Waals surface area contributed by atoms with E-state index in [1.54, 1.807) is 0 Å². The number of guanidine groups is 1. The number of nitrogens with zero attached hydrogens (tertiary/aromatic N) is 2. The lowest BCUT2D eigenvalue weighted by atomic mass is 9.98. The van der Waals surface area contributed by atoms with Crippen molar-refractivity contribution in [2.45, 2.75) is 65.3 Å². The van der Waals surface area contributed by atoms with Gasteiger partial charge in [-0.2, -0.15) is 0 Å². The molecule has 176 valence electrons. The first-order valence-electron chi connectivity index (χ1n) is 11.7. The van der Waals surface area contributed by atoms with Crippen LogP contribution in [0.2, 0.25) is 0 Å². The van der Waals surface area contributed by atoms with Crippen LogP contribution in [0.3, 0.4) is 0 Å². The van der Waals surface area contributed by atoms with Gasteiger partial charge in [0.2, 0.25) is 5.91 Å². The topological polar surface area (TPSA) is 75.2 Å². The number of ether oxygens (including phenoxy) is 2.